The summed E-state index contributed by atoms with van der Waals surface area (Å²) in [4.78, 5) is 12.7. The Labute approximate surface area is 498 Å². The fraction of sp³-hybridized carbons (Fsp3) is 0.931. The van der Waals surface area contributed by atoms with Crippen molar-refractivity contribution in [2.45, 2.75) is 317 Å². The van der Waals surface area contributed by atoms with Crippen molar-refractivity contribution in [3.63, 3.8) is 0 Å². The number of Topliss-reactive ketones (excluding diaryl/α,β-unsaturated/α-hetero) is 1. The number of allylic oxidation sites excluding steroid dienone is 2. The maximum Gasteiger partial charge on any atom is 0.192 e. The van der Waals surface area contributed by atoms with Gasteiger partial charge < -0.3 is 38.0 Å². The molecule has 0 aromatic carbocycles. The Bertz CT molecular complexity index is 2510. The number of carbonyl (C=O) groups excluding carboxylic acids is 1. The van der Waals surface area contributed by atoms with Crippen LogP contribution in [0.2, 0.25) is 18.1 Å². The van der Waals surface area contributed by atoms with E-state index in [1.54, 1.807) is 0 Å². The van der Waals surface area contributed by atoms with Crippen LogP contribution in [-0.2, 0) is 37.6 Å². The van der Waals surface area contributed by atoms with Crippen LogP contribution in [0.5, 0.6) is 0 Å². The van der Waals surface area contributed by atoms with Gasteiger partial charge in [0, 0.05) is 23.7 Å². The summed E-state index contributed by atoms with van der Waals surface area (Å²) >= 11 is 0. The molecule has 1 N–H and O–H groups in total. The lowest BCUT2D eigenvalue weighted by molar-refractivity contribution is -0.177. The van der Waals surface area contributed by atoms with Gasteiger partial charge >= 0.3 is 0 Å². The van der Waals surface area contributed by atoms with Crippen LogP contribution in [0.1, 0.15) is 232 Å². The summed E-state index contributed by atoms with van der Waals surface area (Å²) in [7, 11) is -1.79. The molecular weight excluding hydrogens is 1040 g/mol. The largest absolute Gasteiger partial charge is 0.413 e. The molecule has 3 heterocycles. The van der Waals surface area contributed by atoms with Crippen molar-refractivity contribution in [1.29, 1.82) is 0 Å². The Morgan fingerprint density at radius 2 is 0.915 bits per heavy atom. The first-order valence-corrected chi connectivity index (χ1v) is 37.4. The van der Waals surface area contributed by atoms with Gasteiger partial charge in [0.25, 0.3) is 0 Å². The third-order valence-corrected chi connectivity index (χ3v) is 33.8. The Balaban J connectivity index is 0.000000117. The van der Waals surface area contributed by atoms with Crippen molar-refractivity contribution >= 4 is 14.1 Å². The molecule has 12 unspecified atom stereocenters. The van der Waals surface area contributed by atoms with Gasteiger partial charge in [-0.2, -0.15) is 0 Å². The summed E-state index contributed by atoms with van der Waals surface area (Å²) in [6, 6.07) is 0. The number of hydrogen-bond acceptors (Lipinski definition) is 9. The van der Waals surface area contributed by atoms with E-state index >= 15 is 0 Å². The van der Waals surface area contributed by atoms with Gasteiger partial charge in [0.15, 0.2) is 25.7 Å². The van der Waals surface area contributed by atoms with Crippen LogP contribution in [0.15, 0.2) is 24.3 Å². The molecule has 10 saturated carbocycles. The molecule has 0 radical (unpaired) electrons. The number of carbonyl (C=O) groups is 1. The first-order chi connectivity index (χ1) is 38.2. The SMILES string of the molecule is CC1(C)O[C@@H]2C3C(CC[C@@]4(C)C3CC[C@@H]4O)[C@@]3(C)CCC=CC3[C@H]2O1.CC1(C)O[C@@H]2C3C(CC[C@@]4(C)C3CC[C@@H]4O[Si](C)(C)C(C)(C)C)[C@@]3(C)CCC=CC3[C@H]2O1.CC1(C)O[C@@H]2C3C(CC[C@]4(C)C(=O)CCC34)[C@@]3(C)CCCCC3[C@H]2O1. The van der Waals surface area contributed by atoms with Crippen LogP contribution in [0, 0.1) is 104 Å². The summed E-state index contributed by atoms with van der Waals surface area (Å²) < 4.78 is 46.8. The van der Waals surface area contributed by atoms with Crippen molar-refractivity contribution in [3.8, 4) is 0 Å². The first kappa shape index (κ1) is 60.0. The minimum atomic E-state index is -1.79. The quantitative estimate of drug-likeness (QED) is 0.214. The normalized spacial score (nSPS) is 54.7. The van der Waals surface area contributed by atoms with Gasteiger partial charge in [-0.05, 0) is 255 Å². The lowest BCUT2D eigenvalue weighted by Crippen LogP contribution is -2.62. The highest BCUT2D eigenvalue weighted by atomic mass is 28.4. The van der Waals surface area contributed by atoms with Crippen LogP contribution in [0.4, 0.5) is 0 Å². The van der Waals surface area contributed by atoms with E-state index in [0.717, 1.165) is 38.0 Å². The van der Waals surface area contributed by atoms with Gasteiger partial charge in [0.1, 0.15) is 5.78 Å². The molecule has 0 bridgehead atoms. The zero-order chi connectivity index (χ0) is 58.5. The van der Waals surface area contributed by atoms with Crippen molar-refractivity contribution in [3.05, 3.63) is 24.3 Å². The average molecular weight is 1150 g/mol. The van der Waals surface area contributed by atoms with Gasteiger partial charge in [-0.25, -0.2) is 0 Å². The number of ether oxygens (including phenoxy) is 6. The summed E-state index contributed by atoms with van der Waals surface area (Å²) in [5.41, 5.74) is 1.28. The van der Waals surface area contributed by atoms with E-state index in [1.807, 2.05) is 0 Å². The zero-order valence-electron chi connectivity index (χ0n) is 54.7. The van der Waals surface area contributed by atoms with Crippen LogP contribution in [0.3, 0.4) is 0 Å². The monoisotopic (exact) mass is 1150 g/mol. The van der Waals surface area contributed by atoms with E-state index in [2.05, 4.69) is 141 Å². The molecule has 3 saturated heterocycles. The summed E-state index contributed by atoms with van der Waals surface area (Å²) in [6.07, 6.45) is 35.4. The Morgan fingerprint density at radius 1 is 0.463 bits per heavy atom. The minimum absolute atomic E-state index is 0.0789. The molecule has 9 nitrogen and oxygen atoms in total. The smallest absolute Gasteiger partial charge is 0.192 e. The fourth-order valence-electron chi connectivity index (χ4n) is 24.2. The summed E-state index contributed by atoms with van der Waals surface area (Å²) in [5.74, 6) is 6.25. The molecule has 26 atom stereocenters. The van der Waals surface area contributed by atoms with Gasteiger partial charge in [-0.15, -0.1) is 0 Å². The maximum atomic E-state index is 12.7. The van der Waals surface area contributed by atoms with Crippen LogP contribution in [-0.4, -0.2) is 85.4 Å². The number of aliphatic hydroxyl groups is 1. The van der Waals surface area contributed by atoms with Crippen LogP contribution < -0.4 is 0 Å². The molecule has 13 fully saturated rings. The van der Waals surface area contributed by atoms with E-state index in [-0.39, 0.29) is 64.0 Å². The lowest BCUT2D eigenvalue weighted by Gasteiger charge is -2.62. The van der Waals surface area contributed by atoms with Gasteiger partial charge in [-0.3, -0.25) is 4.79 Å². The maximum absolute atomic E-state index is 12.7. The predicted molar refractivity (Wildman–Crippen MR) is 326 cm³/mol. The Kier molecular flexibility index (Phi) is 14.5. The Hall–Kier alpha value is -0.953. The molecule has 0 amide bonds. The van der Waals surface area contributed by atoms with Crippen molar-refractivity contribution < 1.29 is 42.7 Å². The van der Waals surface area contributed by atoms with E-state index in [1.165, 1.54) is 96.3 Å². The van der Waals surface area contributed by atoms with E-state index < -0.39 is 25.7 Å². The zero-order valence-corrected chi connectivity index (χ0v) is 55.7. The number of hydrogen-bond donors (Lipinski definition) is 1. The summed E-state index contributed by atoms with van der Waals surface area (Å²) in [6.45, 7) is 39.4. The van der Waals surface area contributed by atoms with E-state index in [0.29, 0.717) is 93.2 Å². The molecule has 12 aliphatic carbocycles. The molecule has 15 rings (SSSR count). The highest BCUT2D eigenvalue weighted by Gasteiger charge is 2.72. The second-order valence-electron chi connectivity index (χ2n) is 35.5. The van der Waals surface area contributed by atoms with Crippen molar-refractivity contribution in [1.82, 2.24) is 0 Å². The first-order valence-electron chi connectivity index (χ1n) is 34.5. The molecule has 10 heteroatoms. The lowest BCUT2D eigenvalue weighted by atomic mass is 9.44. The second kappa shape index (κ2) is 19.8. The number of ketones is 1. The molecule has 0 aromatic rings. The number of rotatable bonds is 2. The number of aliphatic hydroxyl groups excluding tert-OH is 1. The van der Waals surface area contributed by atoms with Crippen LogP contribution >= 0.6 is 0 Å². The highest BCUT2D eigenvalue weighted by molar-refractivity contribution is 6.74. The molecule has 0 aromatic heterocycles. The van der Waals surface area contributed by atoms with Gasteiger partial charge in [0.2, 0.25) is 0 Å². The molecule has 15 aliphatic rings. The third kappa shape index (κ3) is 8.94. The standard InChI is InChI=1S/C28H48O3Si.2C22H34O3/c1-25(2,3)32(8,9)31-21-14-13-18-22-19(15-17-28(18,21)7)27(6)16-11-10-12-20(27)23-24(22)30-26(4,5)29-23;2*1-20(2)24-18-15-7-5-6-11-21(15,3)14-10-12-22(4)13(8-9-16(22)23)17(14)19(18)25-20/h10,12,18-24H,11,13-17H2,1-9H3;13-15,17-19H,5-12H2,1-4H3;5,7,13-19,23H,6,8-12H2,1-4H3/t18?,19?,20?,21-,22?,23+,24+,27+,28-;13?,14?,15?,17?,18-,19-,21-,22+;13?,14?,15?,16-,17?,18+,19+,21+,22-/m010/s1. The highest BCUT2D eigenvalue weighted by Crippen LogP contribution is 2.72. The van der Waals surface area contributed by atoms with E-state index in [9.17, 15) is 9.90 Å². The van der Waals surface area contributed by atoms with Crippen molar-refractivity contribution in [2.24, 2.45) is 104 Å². The van der Waals surface area contributed by atoms with Crippen LogP contribution in [0.25, 0.3) is 0 Å². The molecule has 82 heavy (non-hydrogen) atoms. The topological polar surface area (TPSA) is 102 Å². The molecule has 462 valence electrons. The fourth-order valence-corrected chi connectivity index (χ4v) is 25.6. The van der Waals surface area contributed by atoms with E-state index in [4.69, 9.17) is 32.8 Å². The average Bonchev–Trinajstić information content (AvgIpc) is 1.72. The molecule has 3 aliphatic heterocycles. The number of fused-ring (bicyclic) bond motifs is 24. The minimum Gasteiger partial charge on any atom is -0.413 e. The molecule has 0 spiro atoms. The predicted octanol–water partition coefficient (Wildman–Crippen LogP) is 16.3. The Morgan fingerprint density at radius 3 is 1.48 bits per heavy atom. The third-order valence-electron chi connectivity index (χ3n) is 29.3. The second-order valence-corrected chi connectivity index (χ2v) is 40.2. The van der Waals surface area contributed by atoms with Crippen molar-refractivity contribution in [2.75, 3.05) is 0 Å². The van der Waals surface area contributed by atoms with Gasteiger partial charge in [-0.1, -0.05) is 99.5 Å². The van der Waals surface area contributed by atoms with Gasteiger partial charge in [0.05, 0.1) is 48.8 Å². The molecular formula is C72H116O9Si. The summed E-state index contributed by atoms with van der Waals surface area (Å²) in [5, 5.41) is 11.0.